The SMILES string of the molecule is CC(=O)N[C@H]1CC(=O)N([C@@H](CS)C(=O)N[C@@H](C)C(=O)N[C@@H](Cc2ccc(O)cc2)C(=O)N[C@@H](CO)C(=O)O)C1=O. The zero-order valence-electron chi connectivity index (χ0n) is 21.6. The molecule has 1 aromatic rings. The summed E-state index contributed by atoms with van der Waals surface area (Å²) < 4.78 is 0. The molecule has 1 aromatic carbocycles. The molecule has 5 atom stereocenters. The number of carboxylic acid groups (broad SMARTS) is 1. The molecule has 1 saturated heterocycles. The molecule has 15 nitrogen and oxygen atoms in total. The van der Waals surface area contributed by atoms with Crippen LogP contribution in [0.15, 0.2) is 24.3 Å². The fraction of sp³-hybridized carbons (Fsp3) is 0.458. The molecule has 0 radical (unpaired) electrons. The second-order valence-electron chi connectivity index (χ2n) is 9.00. The zero-order chi connectivity index (χ0) is 30.1. The van der Waals surface area contributed by atoms with Crippen LogP contribution in [0.25, 0.3) is 0 Å². The molecule has 0 aliphatic carbocycles. The van der Waals surface area contributed by atoms with Crippen LogP contribution in [0.4, 0.5) is 0 Å². The molecule has 0 aromatic heterocycles. The average Bonchev–Trinajstić information content (AvgIpc) is 3.15. The number of amides is 6. The Kier molecular flexibility index (Phi) is 11.4. The van der Waals surface area contributed by atoms with Crippen LogP contribution in [0.2, 0.25) is 0 Å². The highest BCUT2D eigenvalue weighted by atomic mass is 32.1. The first-order chi connectivity index (χ1) is 18.8. The van der Waals surface area contributed by atoms with Gasteiger partial charge in [0.2, 0.25) is 29.5 Å². The summed E-state index contributed by atoms with van der Waals surface area (Å²) in [5, 5.41) is 37.1. The van der Waals surface area contributed by atoms with E-state index in [-0.39, 0.29) is 24.3 Å². The summed E-state index contributed by atoms with van der Waals surface area (Å²) in [4.78, 5) is 87.0. The molecule has 6 amide bonds. The first-order valence-electron chi connectivity index (χ1n) is 12.1. The Bertz CT molecular complexity index is 1160. The van der Waals surface area contributed by atoms with E-state index in [1.807, 2.05) is 0 Å². The number of phenols is 1. The number of likely N-dealkylation sites (tertiary alicyclic amines) is 1. The largest absolute Gasteiger partial charge is 0.508 e. The van der Waals surface area contributed by atoms with Gasteiger partial charge in [-0.15, -0.1) is 0 Å². The first kappa shape index (κ1) is 32.0. The van der Waals surface area contributed by atoms with Crippen LogP contribution in [-0.4, -0.2) is 104 Å². The number of hydrogen-bond acceptors (Lipinski definition) is 10. The monoisotopic (exact) mass is 581 g/mol. The van der Waals surface area contributed by atoms with E-state index in [1.165, 1.54) is 38.1 Å². The number of rotatable bonds is 13. The van der Waals surface area contributed by atoms with Crippen molar-refractivity contribution in [3.05, 3.63) is 29.8 Å². The number of carbonyl (C=O) groups excluding carboxylic acids is 6. The third-order valence-electron chi connectivity index (χ3n) is 5.91. The smallest absolute Gasteiger partial charge is 0.328 e. The van der Waals surface area contributed by atoms with E-state index in [2.05, 4.69) is 33.9 Å². The van der Waals surface area contributed by atoms with Gasteiger partial charge in [0.25, 0.3) is 5.91 Å². The van der Waals surface area contributed by atoms with Crippen LogP contribution in [-0.2, 0) is 40.0 Å². The molecule has 0 spiro atoms. The molecule has 0 bridgehead atoms. The van der Waals surface area contributed by atoms with Crippen molar-refractivity contribution in [1.82, 2.24) is 26.2 Å². The average molecular weight is 582 g/mol. The molecule has 2 rings (SSSR count). The number of aliphatic hydroxyl groups excluding tert-OH is 1. The highest BCUT2D eigenvalue weighted by Crippen LogP contribution is 2.18. The number of aliphatic carboxylic acids is 1. The minimum Gasteiger partial charge on any atom is -0.508 e. The van der Waals surface area contributed by atoms with E-state index < -0.39 is 78.2 Å². The standard InChI is InChI=1S/C24H31N5O10S/c1-11(25-22(36)18(10-40)29-19(33)8-16(23(29)37)26-12(2)31)20(34)27-15(7-13-3-5-14(32)6-4-13)21(35)28-17(9-30)24(38)39/h3-6,11,15-18,30,32,40H,7-10H2,1-2H3,(H,25,36)(H,26,31)(H,27,34)(H,28,35)(H,38,39)/t11-,15-,16-,17-,18-/m0/s1. The third-order valence-corrected chi connectivity index (χ3v) is 6.25. The number of carbonyl (C=O) groups is 7. The number of benzene rings is 1. The van der Waals surface area contributed by atoms with E-state index in [1.54, 1.807) is 0 Å². The van der Waals surface area contributed by atoms with Crippen LogP contribution in [0.1, 0.15) is 25.8 Å². The predicted molar refractivity (Wildman–Crippen MR) is 140 cm³/mol. The van der Waals surface area contributed by atoms with E-state index >= 15 is 0 Å². The van der Waals surface area contributed by atoms with Gasteiger partial charge in [0.05, 0.1) is 13.0 Å². The topological polar surface area (TPSA) is 232 Å². The highest BCUT2D eigenvalue weighted by Gasteiger charge is 2.45. The quantitative estimate of drug-likeness (QED) is 0.0871. The Morgan fingerprint density at radius 3 is 2.12 bits per heavy atom. The van der Waals surface area contributed by atoms with E-state index in [4.69, 9.17) is 5.11 Å². The Morgan fingerprint density at radius 1 is 1.00 bits per heavy atom. The first-order valence-corrected chi connectivity index (χ1v) is 12.7. The summed E-state index contributed by atoms with van der Waals surface area (Å²) in [7, 11) is 0. The van der Waals surface area contributed by atoms with Crippen LogP contribution < -0.4 is 21.3 Å². The van der Waals surface area contributed by atoms with Gasteiger partial charge in [-0.2, -0.15) is 12.6 Å². The summed E-state index contributed by atoms with van der Waals surface area (Å²) in [5.74, 6) is -6.58. The van der Waals surface area contributed by atoms with Gasteiger partial charge in [-0.05, 0) is 24.6 Å². The maximum atomic E-state index is 12.9. The number of thiol groups is 1. The van der Waals surface area contributed by atoms with Crippen LogP contribution in [0.3, 0.4) is 0 Å². The van der Waals surface area contributed by atoms with Crippen molar-refractivity contribution in [2.24, 2.45) is 0 Å². The molecule has 40 heavy (non-hydrogen) atoms. The molecule has 16 heteroatoms. The van der Waals surface area contributed by atoms with Crippen molar-refractivity contribution in [2.45, 2.75) is 56.9 Å². The number of nitrogens with one attached hydrogen (secondary N) is 4. The lowest BCUT2D eigenvalue weighted by molar-refractivity contribution is -0.147. The summed E-state index contributed by atoms with van der Waals surface area (Å²) in [6, 6.07) is -1.18. The number of hydrogen-bond donors (Lipinski definition) is 8. The highest BCUT2D eigenvalue weighted by molar-refractivity contribution is 7.80. The van der Waals surface area contributed by atoms with E-state index in [9.17, 15) is 43.8 Å². The van der Waals surface area contributed by atoms with E-state index in [0.717, 1.165) is 0 Å². The van der Waals surface area contributed by atoms with E-state index in [0.29, 0.717) is 10.5 Å². The van der Waals surface area contributed by atoms with Gasteiger partial charge < -0.3 is 36.6 Å². The molecule has 1 aliphatic rings. The minimum absolute atomic E-state index is 0.0477. The number of aromatic hydroxyl groups is 1. The molecular weight excluding hydrogens is 550 g/mol. The summed E-state index contributed by atoms with van der Waals surface area (Å²) in [6.07, 6.45) is -0.484. The van der Waals surface area contributed by atoms with Gasteiger partial charge in [0.1, 0.15) is 36.0 Å². The molecular formula is C24H31N5O10S. The Balaban J connectivity index is 2.15. The van der Waals surface area contributed by atoms with Crippen molar-refractivity contribution in [3.63, 3.8) is 0 Å². The number of aliphatic hydroxyl groups is 1. The van der Waals surface area contributed by atoms with Crippen LogP contribution in [0.5, 0.6) is 5.75 Å². The fourth-order valence-corrected chi connectivity index (χ4v) is 4.15. The Morgan fingerprint density at radius 2 is 1.60 bits per heavy atom. The summed E-state index contributed by atoms with van der Waals surface area (Å²) >= 11 is 4.05. The lowest BCUT2D eigenvalue weighted by Crippen LogP contribution is -2.58. The van der Waals surface area contributed by atoms with Gasteiger partial charge in [0.15, 0.2) is 0 Å². The second kappa shape index (κ2) is 14.3. The minimum atomic E-state index is -1.64. The van der Waals surface area contributed by atoms with Gasteiger partial charge >= 0.3 is 5.97 Å². The van der Waals surface area contributed by atoms with Crippen molar-refractivity contribution in [1.29, 1.82) is 0 Å². The lowest BCUT2D eigenvalue weighted by atomic mass is 10.0. The van der Waals surface area contributed by atoms with Crippen molar-refractivity contribution in [3.8, 4) is 5.75 Å². The molecule has 1 aliphatic heterocycles. The number of imide groups is 1. The Labute approximate surface area is 234 Å². The van der Waals surface area contributed by atoms with Gasteiger partial charge in [0, 0.05) is 19.1 Å². The molecule has 0 unspecified atom stereocenters. The second-order valence-corrected chi connectivity index (χ2v) is 9.37. The molecule has 0 saturated carbocycles. The number of phenolic OH excluding ortho intramolecular Hbond substituents is 1. The molecule has 7 N–H and O–H groups in total. The molecule has 218 valence electrons. The van der Waals surface area contributed by atoms with Crippen LogP contribution in [0, 0.1) is 0 Å². The van der Waals surface area contributed by atoms with Gasteiger partial charge in [-0.25, -0.2) is 4.79 Å². The van der Waals surface area contributed by atoms with Gasteiger partial charge in [-0.3, -0.25) is 33.7 Å². The maximum absolute atomic E-state index is 12.9. The fourth-order valence-electron chi connectivity index (χ4n) is 3.83. The Hall–Kier alpha value is -4.18. The van der Waals surface area contributed by atoms with Gasteiger partial charge in [-0.1, -0.05) is 12.1 Å². The third kappa shape index (κ3) is 8.41. The predicted octanol–water partition coefficient (Wildman–Crippen LogP) is -2.95. The lowest BCUT2D eigenvalue weighted by Gasteiger charge is -2.27. The van der Waals surface area contributed by atoms with Crippen LogP contribution >= 0.6 is 12.6 Å². The van der Waals surface area contributed by atoms with Crippen molar-refractivity contribution < 1.29 is 48.9 Å². The maximum Gasteiger partial charge on any atom is 0.328 e. The summed E-state index contributed by atoms with van der Waals surface area (Å²) in [6.45, 7) is 1.54. The molecule has 1 heterocycles. The summed E-state index contributed by atoms with van der Waals surface area (Å²) in [5.41, 5.74) is 0.487. The zero-order valence-corrected chi connectivity index (χ0v) is 22.5. The molecule has 1 fully saturated rings. The van der Waals surface area contributed by atoms with Crippen molar-refractivity contribution in [2.75, 3.05) is 12.4 Å². The van der Waals surface area contributed by atoms with Crippen molar-refractivity contribution >= 4 is 54.0 Å². The normalized spacial score (nSPS) is 17.8. The number of carboxylic acids is 1. The number of nitrogens with zero attached hydrogens (tertiary/aromatic N) is 1.